The number of fused-ring (bicyclic) bond motifs is 1. The summed E-state index contributed by atoms with van der Waals surface area (Å²) < 4.78 is 10.4. The molecule has 4 aromatic carbocycles. The molecule has 1 aromatic heterocycles. The van der Waals surface area contributed by atoms with Crippen molar-refractivity contribution in [2.45, 2.75) is 38.3 Å². The Hall–Kier alpha value is -4.97. The largest absolute Gasteiger partial charge is 0.465 e. The smallest absolute Gasteiger partial charge is 0.337 e. The molecule has 0 N–H and O–H groups in total. The normalized spacial score (nSPS) is 15.8. The number of benzene rings is 4. The Morgan fingerprint density at radius 2 is 1.60 bits per heavy atom. The monoisotopic (exact) mass is 570 g/mol. The summed E-state index contributed by atoms with van der Waals surface area (Å²) in [5.74, 6) is 0.547. The Balaban J connectivity index is 1.33. The van der Waals surface area contributed by atoms with Crippen LogP contribution in [-0.4, -0.2) is 29.0 Å². The highest BCUT2D eigenvalue weighted by atomic mass is 16.5. The van der Waals surface area contributed by atoms with Crippen LogP contribution in [0.2, 0.25) is 0 Å². The van der Waals surface area contributed by atoms with E-state index in [9.17, 15) is 9.59 Å². The Bertz CT molecular complexity index is 1700. The van der Waals surface area contributed by atoms with Gasteiger partial charge < -0.3 is 14.2 Å². The number of hydrogen-bond donors (Lipinski definition) is 0. The molecular weight excluding hydrogens is 536 g/mol. The number of rotatable bonds is 9. The van der Waals surface area contributed by atoms with Crippen molar-refractivity contribution in [1.29, 1.82) is 0 Å². The second-order valence-electron chi connectivity index (χ2n) is 11.1. The first kappa shape index (κ1) is 28.2. The van der Waals surface area contributed by atoms with Crippen LogP contribution in [0.4, 0.5) is 0 Å². The van der Waals surface area contributed by atoms with Crippen molar-refractivity contribution in [2.75, 3.05) is 7.11 Å². The fourth-order valence-corrected chi connectivity index (χ4v) is 6.27. The number of nitrogens with zero attached hydrogens (tertiary/aromatic N) is 2. The Kier molecular flexibility index (Phi) is 8.45. The van der Waals surface area contributed by atoms with Crippen LogP contribution in [0.15, 0.2) is 120 Å². The quantitative estimate of drug-likeness (QED) is 0.175. The van der Waals surface area contributed by atoms with Crippen molar-refractivity contribution in [3.63, 3.8) is 0 Å². The minimum atomic E-state index is -0.380. The maximum absolute atomic E-state index is 14.4. The fourth-order valence-electron chi connectivity index (χ4n) is 6.27. The highest BCUT2D eigenvalue weighted by Crippen LogP contribution is 2.41. The number of hydrogen-bond acceptors (Lipinski definition) is 5. The molecule has 216 valence electrons. The van der Waals surface area contributed by atoms with Gasteiger partial charge in [0.05, 0.1) is 37.9 Å². The minimum Gasteiger partial charge on any atom is -0.465 e. The summed E-state index contributed by atoms with van der Waals surface area (Å²) >= 11 is 0. The molecule has 1 aliphatic carbocycles. The number of methoxy groups -OCH3 is 1. The van der Waals surface area contributed by atoms with E-state index in [1.54, 1.807) is 12.3 Å². The van der Waals surface area contributed by atoms with Gasteiger partial charge in [-0.3, -0.25) is 4.79 Å². The van der Waals surface area contributed by atoms with Crippen LogP contribution in [0, 0.1) is 5.92 Å². The van der Waals surface area contributed by atoms with E-state index in [4.69, 9.17) is 9.26 Å². The van der Waals surface area contributed by atoms with Crippen molar-refractivity contribution in [2.24, 2.45) is 5.92 Å². The lowest BCUT2D eigenvalue weighted by Gasteiger charge is -2.41. The van der Waals surface area contributed by atoms with Gasteiger partial charge in [0.2, 0.25) is 5.91 Å². The summed E-state index contributed by atoms with van der Waals surface area (Å²) in [6.45, 7) is 0.337. The van der Waals surface area contributed by atoms with Gasteiger partial charge in [0, 0.05) is 6.07 Å². The van der Waals surface area contributed by atoms with Crippen LogP contribution in [0.5, 0.6) is 0 Å². The summed E-state index contributed by atoms with van der Waals surface area (Å²) in [5.41, 5.74) is 6.97. The van der Waals surface area contributed by atoms with Crippen LogP contribution in [0.1, 0.15) is 50.8 Å². The zero-order chi connectivity index (χ0) is 29.6. The van der Waals surface area contributed by atoms with E-state index in [1.165, 1.54) is 23.8 Å². The van der Waals surface area contributed by atoms with Crippen molar-refractivity contribution in [3.8, 4) is 11.1 Å². The lowest BCUT2D eigenvalue weighted by Crippen LogP contribution is -2.41. The predicted molar refractivity (Wildman–Crippen MR) is 165 cm³/mol. The molecule has 0 saturated heterocycles. The number of aryl methyl sites for hydroxylation is 1. The number of carbonyl (C=O) groups excluding carboxylic acids is 2. The zero-order valence-electron chi connectivity index (χ0n) is 24.2. The molecule has 2 atom stereocenters. The standard InChI is InChI=1S/C37H34N2O4/c1-42-37(41)32-15-8-14-30(24-32)29-13-7-11-27(22-29)23-35(40)39(25-33-19-20-38-43-33)36-31(21-26-9-3-2-4-10-26)18-17-28-12-5-6-16-34(28)36/h2-16,19-20,22,24,31,36H,17-18,21,23,25H2,1H3/t31-,36-/m0/s1. The molecule has 0 spiro atoms. The van der Waals surface area contributed by atoms with Gasteiger partial charge in [-0.05, 0) is 70.7 Å². The van der Waals surface area contributed by atoms with Crippen LogP contribution in [0.3, 0.4) is 0 Å². The van der Waals surface area contributed by atoms with Crippen molar-refractivity contribution >= 4 is 11.9 Å². The van der Waals surface area contributed by atoms with Crippen LogP contribution in [0.25, 0.3) is 11.1 Å². The maximum Gasteiger partial charge on any atom is 0.337 e. The van der Waals surface area contributed by atoms with E-state index in [0.29, 0.717) is 17.9 Å². The third kappa shape index (κ3) is 6.44. The van der Waals surface area contributed by atoms with Gasteiger partial charge in [0.1, 0.15) is 0 Å². The number of amides is 1. The van der Waals surface area contributed by atoms with Gasteiger partial charge >= 0.3 is 5.97 Å². The minimum absolute atomic E-state index is 0.0247. The van der Waals surface area contributed by atoms with E-state index < -0.39 is 0 Å². The lowest BCUT2D eigenvalue weighted by molar-refractivity contribution is -0.135. The predicted octanol–water partition coefficient (Wildman–Crippen LogP) is 7.25. The summed E-state index contributed by atoms with van der Waals surface area (Å²) in [4.78, 5) is 28.5. The zero-order valence-corrected chi connectivity index (χ0v) is 24.2. The third-order valence-corrected chi connectivity index (χ3v) is 8.32. The number of aromatic nitrogens is 1. The van der Waals surface area contributed by atoms with E-state index in [1.807, 2.05) is 59.5 Å². The summed E-state index contributed by atoms with van der Waals surface area (Å²) in [6, 6.07) is 36.0. The molecule has 0 bridgehead atoms. The number of carbonyl (C=O) groups is 2. The summed E-state index contributed by atoms with van der Waals surface area (Å²) in [7, 11) is 1.38. The molecule has 43 heavy (non-hydrogen) atoms. The summed E-state index contributed by atoms with van der Waals surface area (Å²) in [6.07, 6.45) is 4.71. The molecule has 5 aromatic rings. The molecule has 0 radical (unpaired) electrons. The second-order valence-corrected chi connectivity index (χ2v) is 11.1. The molecule has 0 fully saturated rings. The van der Waals surface area contributed by atoms with Crippen LogP contribution < -0.4 is 0 Å². The SMILES string of the molecule is COC(=O)c1cccc(-c2cccc(CC(=O)N(Cc3ccno3)[C@@H]3c4ccccc4CC[C@H]3Cc3ccccc3)c2)c1. The van der Waals surface area contributed by atoms with E-state index in [2.05, 4.69) is 53.7 Å². The molecule has 1 amide bonds. The highest BCUT2D eigenvalue weighted by Gasteiger charge is 2.36. The highest BCUT2D eigenvalue weighted by molar-refractivity contribution is 5.91. The molecule has 6 heteroatoms. The van der Waals surface area contributed by atoms with Gasteiger partial charge in [-0.15, -0.1) is 0 Å². The Morgan fingerprint density at radius 1 is 0.860 bits per heavy atom. The Morgan fingerprint density at radius 3 is 2.40 bits per heavy atom. The van der Waals surface area contributed by atoms with Crippen LogP contribution >= 0.6 is 0 Å². The first-order valence-corrected chi connectivity index (χ1v) is 14.7. The van der Waals surface area contributed by atoms with Crippen LogP contribution in [-0.2, 0) is 35.3 Å². The fraction of sp³-hybridized carbons (Fsp3) is 0.216. The molecule has 1 aliphatic rings. The Labute approximate surface area is 251 Å². The summed E-state index contributed by atoms with van der Waals surface area (Å²) in [5, 5.41) is 3.92. The van der Waals surface area contributed by atoms with Gasteiger partial charge in [-0.1, -0.05) is 96.2 Å². The molecule has 0 saturated carbocycles. The van der Waals surface area contributed by atoms with Gasteiger partial charge in [0.15, 0.2) is 5.76 Å². The molecule has 0 unspecified atom stereocenters. The van der Waals surface area contributed by atoms with Crippen molar-refractivity contribution in [1.82, 2.24) is 10.1 Å². The average Bonchev–Trinajstić information content (AvgIpc) is 3.57. The van der Waals surface area contributed by atoms with E-state index >= 15 is 0 Å². The van der Waals surface area contributed by atoms with Gasteiger partial charge in [0.25, 0.3) is 0 Å². The first-order chi connectivity index (χ1) is 21.1. The second kappa shape index (κ2) is 12.9. The molecule has 6 nitrogen and oxygen atoms in total. The van der Waals surface area contributed by atoms with Gasteiger partial charge in [-0.2, -0.15) is 0 Å². The lowest BCUT2D eigenvalue weighted by atomic mass is 9.76. The van der Waals surface area contributed by atoms with E-state index in [0.717, 1.165) is 36.0 Å². The maximum atomic E-state index is 14.4. The molecule has 1 heterocycles. The topological polar surface area (TPSA) is 72.6 Å². The van der Waals surface area contributed by atoms with Gasteiger partial charge in [-0.25, -0.2) is 4.79 Å². The first-order valence-electron chi connectivity index (χ1n) is 14.7. The average molecular weight is 571 g/mol. The molecular formula is C37H34N2O4. The number of esters is 1. The van der Waals surface area contributed by atoms with Crippen molar-refractivity contribution < 1.29 is 18.8 Å². The molecule has 6 rings (SSSR count). The van der Waals surface area contributed by atoms with E-state index in [-0.39, 0.29) is 30.3 Å². The van der Waals surface area contributed by atoms with Crippen molar-refractivity contribution in [3.05, 3.63) is 149 Å². The third-order valence-electron chi connectivity index (χ3n) is 8.32. The molecule has 0 aliphatic heterocycles. The number of ether oxygens (including phenoxy) is 1.